The van der Waals surface area contributed by atoms with Crippen LogP contribution in [0, 0.1) is 56.7 Å². The number of carbonyl (C=O) groups is 1. The van der Waals surface area contributed by atoms with Crippen LogP contribution >= 0.6 is 0 Å². The minimum Gasteiger partial charge on any atom is -0.481 e. The van der Waals surface area contributed by atoms with Crippen molar-refractivity contribution in [3.63, 3.8) is 0 Å². The number of carboxylic acids is 1. The Labute approximate surface area is 216 Å². The summed E-state index contributed by atoms with van der Waals surface area (Å²) in [7, 11) is 0. The lowest BCUT2D eigenvalue weighted by Gasteiger charge is -2.72. The molecule has 6 heteroatoms. The molecule has 0 aromatic rings. The number of rotatable bonds is 4. The molecule has 6 nitrogen and oxygen atoms in total. The summed E-state index contributed by atoms with van der Waals surface area (Å²) in [5, 5.41) is 44.4. The Balaban J connectivity index is 1.56. The zero-order chi connectivity index (χ0) is 26.3. The molecule has 0 heterocycles. The van der Waals surface area contributed by atoms with Crippen LogP contribution in [0.15, 0.2) is 17.3 Å². The molecule has 0 spiro atoms. The average Bonchev–Trinajstić information content (AvgIpc) is 3.25. The highest BCUT2D eigenvalue weighted by molar-refractivity contribution is 5.91. The standard InChI is InChI=1S/C30H47NO5/c1-18(16-32)19-8-13-30(25(34)35)15-14-28(4)20(24(19)30)6-7-22-26(2)11-10-23(31-36)27(3,17-33)21(26)9-12-29(22,28)5/h19-22,24,32-33,36H,1,6-17H2,2-5H3,(H,34,35)/b31-23-/t19-,20+,21+,22+,24+,26-,27+,28+,29+,30-/m0/s1. The molecule has 0 bridgehead atoms. The molecule has 4 N–H and O–H groups in total. The summed E-state index contributed by atoms with van der Waals surface area (Å²) in [6.45, 7) is 13.6. The zero-order valence-electron chi connectivity index (χ0n) is 22.7. The molecule has 0 saturated heterocycles. The Kier molecular flexibility index (Phi) is 6.04. The van der Waals surface area contributed by atoms with Crippen molar-refractivity contribution in [2.24, 2.45) is 61.8 Å². The van der Waals surface area contributed by atoms with E-state index < -0.39 is 16.8 Å². The Morgan fingerprint density at radius 2 is 1.67 bits per heavy atom. The molecular formula is C30H47NO5. The Bertz CT molecular complexity index is 978. The van der Waals surface area contributed by atoms with Gasteiger partial charge in [0.2, 0.25) is 0 Å². The first-order chi connectivity index (χ1) is 16.9. The molecule has 5 aliphatic carbocycles. The molecule has 202 valence electrons. The highest BCUT2D eigenvalue weighted by Crippen LogP contribution is 2.77. The van der Waals surface area contributed by atoms with Gasteiger partial charge in [-0.05, 0) is 116 Å². The predicted molar refractivity (Wildman–Crippen MR) is 139 cm³/mol. The molecule has 0 unspecified atom stereocenters. The molecule has 10 atom stereocenters. The summed E-state index contributed by atoms with van der Waals surface area (Å²) in [6.07, 6.45) is 8.99. The van der Waals surface area contributed by atoms with Crippen molar-refractivity contribution < 1.29 is 25.3 Å². The summed E-state index contributed by atoms with van der Waals surface area (Å²) in [6, 6.07) is 0. The predicted octanol–water partition coefficient (Wildman–Crippen LogP) is 5.50. The lowest BCUT2D eigenvalue weighted by Crippen LogP contribution is -2.67. The van der Waals surface area contributed by atoms with Crippen LogP contribution in [0.3, 0.4) is 0 Å². The second kappa shape index (κ2) is 8.30. The fourth-order valence-corrected chi connectivity index (χ4v) is 11.5. The summed E-state index contributed by atoms with van der Waals surface area (Å²) < 4.78 is 0. The van der Waals surface area contributed by atoms with E-state index in [1.165, 1.54) is 0 Å². The van der Waals surface area contributed by atoms with E-state index in [1.54, 1.807) is 0 Å². The van der Waals surface area contributed by atoms with Crippen molar-refractivity contribution in [1.82, 2.24) is 0 Å². The van der Waals surface area contributed by atoms with Crippen molar-refractivity contribution in [3.05, 3.63) is 12.2 Å². The number of aliphatic hydroxyl groups excluding tert-OH is 2. The number of aliphatic carboxylic acids is 1. The number of nitrogens with zero attached hydrogens (tertiary/aromatic N) is 1. The molecule has 0 radical (unpaired) electrons. The van der Waals surface area contributed by atoms with E-state index in [1.807, 2.05) is 0 Å². The maximum absolute atomic E-state index is 12.8. The largest absolute Gasteiger partial charge is 0.481 e. The third kappa shape index (κ3) is 2.98. The SMILES string of the molecule is C=C(CO)[C@@H]1CC[C@]2(C(=O)O)CC[C@]3(C)[C@H](CC[C@@H]4[C@@]5(C)CC/C(=N/O)[C@](C)(CO)[C@@H]5CC[C@]43C)[C@@H]12. The van der Waals surface area contributed by atoms with Crippen LogP contribution in [0.5, 0.6) is 0 Å². The third-order valence-electron chi connectivity index (χ3n) is 13.6. The first-order valence-electron chi connectivity index (χ1n) is 14.2. The average molecular weight is 502 g/mol. The van der Waals surface area contributed by atoms with Gasteiger partial charge in [0.15, 0.2) is 0 Å². The van der Waals surface area contributed by atoms with Gasteiger partial charge in [-0.1, -0.05) is 39.4 Å². The number of hydrogen-bond acceptors (Lipinski definition) is 5. The molecule has 0 aromatic carbocycles. The van der Waals surface area contributed by atoms with E-state index in [9.17, 15) is 25.3 Å². The minimum atomic E-state index is -0.690. The third-order valence-corrected chi connectivity index (χ3v) is 13.6. The van der Waals surface area contributed by atoms with Gasteiger partial charge in [-0.3, -0.25) is 4.79 Å². The van der Waals surface area contributed by atoms with Crippen LogP contribution in [-0.4, -0.2) is 45.4 Å². The van der Waals surface area contributed by atoms with E-state index in [-0.39, 0.29) is 47.2 Å². The van der Waals surface area contributed by atoms with Gasteiger partial charge in [-0.25, -0.2) is 0 Å². The molecule has 36 heavy (non-hydrogen) atoms. The van der Waals surface area contributed by atoms with Crippen LogP contribution in [0.1, 0.15) is 91.9 Å². The van der Waals surface area contributed by atoms with Crippen molar-refractivity contribution in [2.45, 2.75) is 91.9 Å². The Hall–Kier alpha value is -1.40. The van der Waals surface area contributed by atoms with Crippen LogP contribution in [0.25, 0.3) is 0 Å². The topological polar surface area (TPSA) is 110 Å². The first kappa shape index (κ1) is 26.2. The maximum atomic E-state index is 12.8. The van der Waals surface area contributed by atoms with Crippen LogP contribution in [-0.2, 0) is 4.79 Å². The molecule has 5 saturated carbocycles. The summed E-state index contributed by atoms with van der Waals surface area (Å²) in [5.74, 6) is 0.532. The highest BCUT2D eigenvalue weighted by atomic mass is 16.4. The van der Waals surface area contributed by atoms with E-state index in [0.29, 0.717) is 24.7 Å². The van der Waals surface area contributed by atoms with E-state index in [2.05, 4.69) is 39.4 Å². The zero-order valence-corrected chi connectivity index (χ0v) is 22.7. The summed E-state index contributed by atoms with van der Waals surface area (Å²) in [5.41, 5.74) is 0.507. The van der Waals surface area contributed by atoms with Crippen molar-refractivity contribution >= 4 is 11.7 Å². The van der Waals surface area contributed by atoms with Crippen LogP contribution in [0.4, 0.5) is 0 Å². The number of hydrogen-bond donors (Lipinski definition) is 4. The monoisotopic (exact) mass is 501 g/mol. The van der Waals surface area contributed by atoms with Gasteiger partial charge >= 0.3 is 5.97 Å². The number of aliphatic hydroxyl groups is 2. The van der Waals surface area contributed by atoms with Gasteiger partial charge in [-0.15, -0.1) is 0 Å². The highest BCUT2D eigenvalue weighted by Gasteiger charge is 2.72. The number of fused-ring (bicyclic) bond motifs is 7. The van der Waals surface area contributed by atoms with Crippen LogP contribution < -0.4 is 0 Å². The fourth-order valence-electron chi connectivity index (χ4n) is 11.5. The number of carboxylic acid groups (broad SMARTS) is 1. The molecular weight excluding hydrogens is 454 g/mol. The van der Waals surface area contributed by atoms with E-state index in [0.717, 1.165) is 62.7 Å². The van der Waals surface area contributed by atoms with E-state index in [4.69, 9.17) is 0 Å². The lowest BCUT2D eigenvalue weighted by molar-refractivity contribution is -0.232. The fraction of sp³-hybridized carbons (Fsp3) is 0.867. The van der Waals surface area contributed by atoms with Crippen LogP contribution in [0.2, 0.25) is 0 Å². The number of oxime groups is 1. The maximum Gasteiger partial charge on any atom is 0.309 e. The van der Waals surface area contributed by atoms with Gasteiger partial charge in [0, 0.05) is 5.41 Å². The van der Waals surface area contributed by atoms with Crippen molar-refractivity contribution in [1.29, 1.82) is 0 Å². The summed E-state index contributed by atoms with van der Waals surface area (Å²) in [4.78, 5) is 12.8. The molecule has 0 aliphatic heterocycles. The van der Waals surface area contributed by atoms with Gasteiger partial charge in [0.1, 0.15) is 0 Å². The molecule has 5 fully saturated rings. The quantitative estimate of drug-likeness (QED) is 0.231. The second-order valence-corrected chi connectivity index (χ2v) is 14.2. The lowest BCUT2D eigenvalue weighted by atomic mass is 9.32. The molecule has 0 aromatic heterocycles. The van der Waals surface area contributed by atoms with Gasteiger partial charge in [-0.2, -0.15) is 0 Å². The van der Waals surface area contributed by atoms with Crippen molar-refractivity contribution in [2.75, 3.05) is 13.2 Å². The van der Waals surface area contributed by atoms with Gasteiger partial charge in [0.05, 0.1) is 24.3 Å². The molecule has 5 rings (SSSR count). The minimum absolute atomic E-state index is 0.00410. The normalized spacial score (nSPS) is 53.2. The second-order valence-electron chi connectivity index (χ2n) is 14.2. The van der Waals surface area contributed by atoms with Gasteiger partial charge in [0.25, 0.3) is 0 Å². The van der Waals surface area contributed by atoms with E-state index >= 15 is 0 Å². The smallest absolute Gasteiger partial charge is 0.309 e. The van der Waals surface area contributed by atoms with Crippen molar-refractivity contribution in [3.8, 4) is 0 Å². The Morgan fingerprint density at radius 3 is 2.28 bits per heavy atom. The molecule has 5 aliphatic rings. The Morgan fingerprint density at radius 1 is 0.944 bits per heavy atom. The van der Waals surface area contributed by atoms with Gasteiger partial charge < -0.3 is 20.5 Å². The molecule has 0 amide bonds. The first-order valence-corrected chi connectivity index (χ1v) is 14.2. The summed E-state index contributed by atoms with van der Waals surface area (Å²) >= 11 is 0.